The van der Waals surface area contributed by atoms with Crippen LogP contribution in [0.25, 0.3) is 0 Å². The van der Waals surface area contributed by atoms with Crippen LogP contribution in [0.5, 0.6) is 11.5 Å². The van der Waals surface area contributed by atoms with Crippen molar-refractivity contribution in [1.82, 2.24) is 4.98 Å². The lowest BCUT2D eigenvalue weighted by Crippen LogP contribution is -2.18. The standard InChI is InChI=1S/C23H27NO5/c1-13-21-17(24-22(13)23(26)29-16-6-4-5-7-16)10-15(11-18(21)25)14-8-9-19(27-2)20(12-14)28-3/h8-9,12,15-16,24H,4-7,10-11H2,1-3H3/t15-/m0/s1. The van der Waals surface area contributed by atoms with E-state index in [1.807, 2.05) is 25.1 Å². The van der Waals surface area contributed by atoms with Gasteiger partial charge in [-0.1, -0.05) is 6.07 Å². The molecule has 6 heteroatoms. The Morgan fingerprint density at radius 2 is 1.79 bits per heavy atom. The highest BCUT2D eigenvalue weighted by molar-refractivity contribution is 6.03. The summed E-state index contributed by atoms with van der Waals surface area (Å²) in [6.45, 7) is 1.83. The Morgan fingerprint density at radius 3 is 2.48 bits per heavy atom. The van der Waals surface area contributed by atoms with Crippen LogP contribution in [-0.4, -0.2) is 37.1 Å². The fraction of sp³-hybridized carbons (Fsp3) is 0.478. The molecule has 0 amide bonds. The molecule has 1 N–H and O–H groups in total. The Labute approximate surface area is 170 Å². The molecule has 0 bridgehead atoms. The number of ether oxygens (including phenoxy) is 3. The summed E-state index contributed by atoms with van der Waals surface area (Å²) in [5.74, 6) is 1.03. The van der Waals surface area contributed by atoms with Gasteiger partial charge in [0.2, 0.25) is 0 Å². The van der Waals surface area contributed by atoms with E-state index < -0.39 is 0 Å². The van der Waals surface area contributed by atoms with Gasteiger partial charge in [0.05, 0.1) is 14.2 Å². The third-order valence-corrected chi connectivity index (χ3v) is 6.15. The van der Waals surface area contributed by atoms with Crippen molar-refractivity contribution < 1.29 is 23.8 Å². The van der Waals surface area contributed by atoms with Gasteiger partial charge >= 0.3 is 5.97 Å². The van der Waals surface area contributed by atoms with Gasteiger partial charge in [0, 0.05) is 17.7 Å². The third-order valence-electron chi connectivity index (χ3n) is 6.15. The van der Waals surface area contributed by atoms with E-state index in [0.717, 1.165) is 36.9 Å². The number of carbonyl (C=O) groups is 2. The van der Waals surface area contributed by atoms with Crippen molar-refractivity contribution in [1.29, 1.82) is 0 Å². The van der Waals surface area contributed by atoms with Crippen molar-refractivity contribution in [2.24, 2.45) is 0 Å². The van der Waals surface area contributed by atoms with Gasteiger partial charge in [-0.2, -0.15) is 0 Å². The van der Waals surface area contributed by atoms with Crippen LogP contribution in [-0.2, 0) is 11.2 Å². The fourth-order valence-corrected chi connectivity index (χ4v) is 4.60. The zero-order valence-corrected chi connectivity index (χ0v) is 17.2. The van der Waals surface area contributed by atoms with Crippen LogP contribution in [0.4, 0.5) is 0 Å². The predicted molar refractivity (Wildman–Crippen MR) is 108 cm³/mol. The lowest BCUT2D eigenvalue weighted by Gasteiger charge is -2.23. The Bertz CT molecular complexity index is 939. The average molecular weight is 397 g/mol. The number of ketones is 1. The van der Waals surface area contributed by atoms with E-state index >= 15 is 0 Å². The molecule has 1 aromatic heterocycles. The molecule has 1 saturated carbocycles. The van der Waals surface area contributed by atoms with Crippen molar-refractivity contribution in [3.8, 4) is 11.5 Å². The minimum absolute atomic E-state index is 0.00237. The van der Waals surface area contributed by atoms with Gasteiger partial charge in [-0.15, -0.1) is 0 Å². The number of Topliss-reactive ketones (excluding diaryl/α,β-unsaturated/α-hetero) is 1. The van der Waals surface area contributed by atoms with E-state index in [1.165, 1.54) is 0 Å². The summed E-state index contributed by atoms with van der Waals surface area (Å²) in [7, 11) is 3.20. The highest BCUT2D eigenvalue weighted by atomic mass is 16.5. The van der Waals surface area contributed by atoms with Gasteiger partial charge < -0.3 is 19.2 Å². The second kappa shape index (κ2) is 7.93. The SMILES string of the molecule is COc1ccc([C@@H]2CC(=O)c3c([nH]c(C(=O)OC4CCCC4)c3C)C2)cc1OC. The molecule has 0 spiro atoms. The van der Waals surface area contributed by atoms with Crippen molar-refractivity contribution in [3.05, 3.63) is 46.3 Å². The van der Waals surface area contributed by atoms with Gasteiger partial charge in [0.25, 0.3) is 0 Å². The third kappa shape index (κ3) is 3.63. The lowest BCUT2D eigenvalue weighted by atomic mass is 9.81. The monoisotopic (exact) mass is 397 g/mol. The molecule has 2 aliphatic carbocycles. The van der Waals surface area contributed by atoms with Gasteiger partial charge in [0.1, 0.15) is 11.8 Å². The molecule has 4 rings (SSSR count). The van der Waals surface area contributed by atoms with E-state index in [4.69, 9.17) is 14.2 Å². The largest absolute Gasteiger partial charge is 0.493 e. The first-order chi connectivity index (χ1) is 14.0. The molecule has 2 aromatic rings. The minimum atomic E-state index is -0.348. The number of hydrogen-bond donors (Lipinski definition) is 1. The highest BCUT2D eigenvalue weighted by Gasteiger charge is 2.33. The molecular weight excluding hydrogens is 370 g/mol. The van der Waals surface area contributed by atoms with Crippen LogP contribution in [0, 0.1) is 6.92 Å². The number of nitrogens with one attached hydrogen (secondary N) is 1. The summed E-state index contributed by atoms with van der Waals surface area (Å²) in [6.07, 6.45) is 5.11. The molecule has 1 aromatic carbocycles. The van der Waals surface area contributed by atoms with Crippen molar-refractivity contribution >= 4 is 11.8 Å². The van der Waals surface area contributed by atoms with E-state index in [0.29, 0.717) is 41.2 Å². The zero-order valence-electron chi connectivity index (χ0n) is 17.2. The minimum Gasteiger partial charge on any atom is -0.493 e. The van der Waals surface area contributed by atoms with Crippen molar-refractivity contribution in [2.75, 3.05) is 14.2 Å². The maximum atomic E-state index is 12.9. The summed E-state index contributed by atoms with van der Waals surface area (Å²) in [6, 6.07) is 5.75. The van der Waals surface area contributed by atoms with Crippen molar-refractivity contribution in [2.45, 2.75) is 57.5 Å². The zero-order chi connectivity index (χ0) is 20.5. The molecule has 0 unspecified atom stereocenters. The Hall–Kier alpha value is -2.76. The molecule has 1 atom stereocenters. The number of aromatic nitrogens is 1. The van der Waals surface area contributed by atoms with Crippen LogP contribution in [0.15, 0.2) is 18.2 Å². The smallest absolute Gasteiger partial charge is 0.355 e. The van der Waals surface area contributed by atoms with Crippen LogP contribution < -0.4 is 9.47 Å². The molecular formula is C23H27NO5. The number of esters is 1. The Balaban J connectivity index is 1.59. The van der Waals surface area contributed by atoms with E-state index in [9.17, 15) is 9.59 Å². The molecule has 0 radical (unpaired) electrons. The van der Waals surface area contributed by atoms with Crippen LogP contribution in [0.2, 0.25) is 0 Å². The number of aromatic amines is 1. The second-order valence-corrected chi connectivity index (χ2v) is 7.93. The molecule has 0 saturated heterocycles. The van der Waals surface area contributed by atoms with Crippen molar-refractivity contribution in [3.63, 3.8) is 0 Å². The second-order valence-electron chi connectivity index (χ2n) is 7.93. The fourth-order valence-electron chi connectivity index (χ4n) is 4.60. The molecule has 1 fully saturated rings. The van der Waals surface area contributed by atoms with Gasteiger partial charge in [-0.25, -0.2) is 4.79 Å². The highest BCUT2D eigenvalue weighted by Crippen LogP contribution is 2.38. The molecule has 29 heavy (non-hydrogen) atoms. The average Bonchev–Trinajstić information content (AvgIpc) is 3.35. The van der Waals surface area contributed by atoms with Gasteiger partial charge in [-0.05, 0) is 68.2 Å². The molecule has 1 heterocycles. The summed E-state index contributed by atoms with van der Waals surface area (Å²) >= 11 is 0. The first-order valence-corrected chi connectivity index (χ1v) is 10.2. The summed E-state index contributed by atoms with van der Waals surface area (Å²) in [5.41, 5.74) is 3.61. The maximum Gasteiger partial charge on any atom is 0.355 e. The number of benzene rings is 1. The molecule has 6 nitrogen and oxygen atoms in total. The number of hydrogen-bond acceptors (Lipinski definition) is 5. The number of H-pyrrole nitrogens is 1. The Kier molecular flexibility index (Phi) is 5.35. The van der Waals surface area contributed by atoms with Gasteiger partial charge in [-0.3, -0.25) is 4.79 Å². The van der Waals surface area contributed by atoms with Crippen LogP contribution >= 0.6 is 0 Å². The predicted octanol–water partition coefficient (Wildman–Crippen LogP) is 4.35. The summed E-state index contributed by atoms with van der Waals surface area (Å²) < 4.78 is 16.4. The quantitative estimate of drug-likeness (QED) is 0.759. The number of rotatable bonds is 5. The number of carbonyl (C=O) groups excluding carboxylic acids is 2. The first-order valence-electron chi connectivity index (χ1n) is 10.2. The number of fused-ring (bicyclic) bond motifs is 1. The Morgan fingerprint density at radius 1 is 1.07 bits per heavy atom. The van der Waals surface area contributed by atoms with E-state index in [-0.39, 0.29) is 23.8 Å². The first kappa shape index (κ1) is 19.6. The summed E-state index contributed by atoms with van der Waals surface area (Å²) in [4.78, 5) is 28.8. The lowest BCUT2D eigenvalue weighted by molar-refractivity contribution is 0.0310. The van der Waals surface area contributed by atoms with Gasteiger partial charge in [0.15, 0.2) is 17.3 Å². The maximum absolute atomic E-state index is 12.9. The van der Waals surface area contributed by atoms with Crippen LogP contribution in [0.3, 0.4) is 0 Å². The topological polar surface area (TPSA) is 77.6 Å². The normalized spacial score (nSPS) is 19.1. The summed E-state index contributed by atoms with van der Waals surface area (Å²) in [5, 5.41) is 0. The number of methoxy groups -OCH3 is 2. The molecule has 0 aliphatic heterocycles. The molecule has 154 valence electrons. The van der Waals surface area contributed by atoms with E-state index in [1.54, 1.807) is 14.2 Å². The molecule has 2 aliphatic rings. The van der Waals surface area contributed by atoms with Crippen LogP contribution in [0.1, 0.15) is 75.7 Å². The van der Waals surface area contributed by atoms with E-state index in [2.05, 4.69) is 4.98 Å².